The van der Waals surface area contributed by atoms with Gasteiger partial charge < -0.3 is 15.8 Å². The zero-order valence-electron chi connectivity index (χ0n) is 23.2. The number of nitrogens with zero attached hydrogens (tertiary/aromatic N) is 1. The zero-order chi connectivity index (χ0) is 28.6. The molecular weight excluding hydrogens is 509 g/mol. The SMILES string of the molecule is CC(C)C[C@H](NCCCc1ccc(-n2c(N)c(C(=O)c3ccc(F)cc3)ccc2=O)cc1)C(=O)OC1CCCC1. The highest BCUT2D eigenvalue weighted by atomic mass is 19.1. The highest BCUT2D eigenvalue weighted by molar-refractivity contribution is 6.11. The standard InChI is InChI=1S/C32H38FN3O4/c1-21(2)20-28(32(39)40-26-7-3-4-8-26)35-19-5-6-22-9-15-25(16-10-22)36-29(37)18-17-27(31(36)34)30(38)23-11-13-24(33)14-12-23/h9-18,21,26,28,35H,3-8,19-20,34H2,1-2H3/t28-/m0/s1. The lowest BCUT2D eigenvalue weighted by Gasteiger charge is -2.21. The van der Waals surface area contributed by atoms with Crippen molar-refractivity contribution in [1.82, 2.24) is 9.88 Å². The van der Waals surface area contributed by atoms with Crippen LogP contribution in [-0.2, 0) is 16.0 Å². The Labute approximate surface area is 234 Å². The molecule has 0 bridgehead atoms. The van der Waals surface area contributed by atoms with Crippen molar-refractivity contribution >= 4 is 17.6 Å². The number of anilines is 1. The number of ether oxygens (including phenoxy) is 1. The number of carbonyl (C=O) groups is 2. The molecule has 1 fully saturated rings. The first-order valence-electron chi connectivity index (χ1n) is 14.1. The first kappa shape index (κ1) is 29.2. The minimum atomic E-state index is -0.442. The summed E-state index contributed by atoms with van der Waals surface area (Å²) in [5, 5.41) is 3.39. The van der Waals surface area contributed by atoms with E-state index in [1.807, 2.05) is 12.1 Å². The van der Waals surface area contributed by atoms with E-state index >= 15 is 0 Å². The van der Waals surface area contributed by atoms with Crippen molar-refractivity contribution in [3.63, 3.8) is 0 Å². The molecule has 2 aromatic carbocycles. The number of halogens is 1. The number of carbonyl (C=O) groups excluding carboxylic acids is 2. The van der Waals surface area contributed by atoms with Crippen LogP contribution in [0.3, 0.4) is 0 Å². The molecule has 1 saturated carbocycles. The Balaban J connectivity index is 1.37. The summed E-state index contributed by atoms with van der Waals surface area (Å²) < 4.78 is 20.3. The summed E-state index contributed by atoms with van der Waals surface area (Å²) in [6.07, 6.45) is 6.58. The molecule has 40 heavy (non-hydrogen) atoms. The Hall–Kier alpha value is -3.78. The maximum Gasteiger partial charge on any atom is 0.323 e. The van der Waals surface area contributed by atoms with Crippen LogP contribution in [0.5, 0.6) is 0 Å². The van der Waals surface area contributed by atoms with E-state index in [2.05, 4.69) is 19.2 Å². The van der Waals surface area contributed by atoms with Crippen molar-refractivity contribution in [3.8, 4) is 5.69 Å². The molecule has 1 aliphatic rings. The van der Waals surface area contributed by atoms with Crippen LogP contribution < -0.4 is 16.6 Å². The van der Waals surface area contributed by atoms with Crippen LogP contribution in [0, 0.1) is 11.7 Å². The minimum Gasteiger partial charge on any atom is -0.461 e. The molecule has 1 aliphatic carbocycles. The van der Waals surface area contributed by atoms with Crippen molar-refractivity contribution < 1.29 is 18.7 Å². The molecule has 1 heterocycles. The van der Waals surface area contributed by atoms with Gasteiger partial charge in [-0.15, -0.1) is 0 Å². The molecular formula is C32H38FN3O4. The van der Waals surface area contributed by atoms with Crippen LogP contribution in [0.25, 0.3) is 5.69 Å². The molecule has 0 saturated heterocycles. The molecule has 0 radical (unpaired) electrons. The number of hydrogen-bond donors (Lipinski definition) is 2. The number of nitrogen functional groups attached to an aromatic ring is 1. The van der Waals surface area contributed by atoms with Gasteiger partial charge in [-0.3, -0.25) is 19.0 Å². The molecule has 8 heteroatoms. The van der Waals surface area contributed by atoms with Crippen LogP contribution in [0.4, 0.5) is 10.2 Å². The Morgan fingerprint density at radius 3 is 2.35 bits per heavy atom. The van der Waals surface area contributed by atoms with E-state index in [1.165, 1.54) is 41.0 Å². The van der Waals surface area contributed by atoms with Crippen LogP contribution in [0.15, 0.2) is 65.5 Å². The largest absolute Gasteiger partial charge is 0.461 e. The van der Waals surface area contributed by atoms with Crippen molar-refractivity contribution in [3.05, 3.63) is 93.5 Å². The summed E-state index contributed by atoms with van der Waals surface area (Å²) in [4.78, 5) is 38.4. The fourth-order valence-corrected chi connectivity index (χ4v) is 5.14. The lowest BCUT2D eigenvalue weighted by Crippen LogP contribution is -2.41. The van der Waals surface area contributed by atoms with Gasteiger partial charge >= 0.3 is 5.97 Å². The third-order valence-electron chi connectivity index (χ3n) is 7.29. The van der Waals surface area contributed by atoms with E-state index in [0.717, 1.165) is 50.5 Å². The maximum atomic E-state index is 13.3. The van der Waals surface area contributed by atoms with Gasteiger partial charge in [0.05, 0.1) is 11.3 Å². The minimum absolute atomic E-state index is 0.0273. The number of nitrogens with one attached hydrogen (secondary N) is 1. The fourth-order valence-electron chi connectivity index (χ4n) is 5.14. The van der Waals surface area contributed by atoms with Gasteiger partial charge in [0, 0.05) is 11.6 Å². The van der Waals surface area contributed by atoms with Crippen molar-refractivity contribution in [2.24, 2.45) is 5.92 Å². The fraction of sp³-hybridized carbons (Fsp3) is 0.406. The second kappa shape index (κ2) is 13.5. The lowest BCUT2D eigenvalue weighted by molar-refractivity contribution is -0.151. The summed E-state index contributed by atoms with van der Waals surface area (Å²) in [5.41, 5.74) is 8.00. The highest BCUT2D eigenvalue weighted by Crippen LogP contribution is 2.22. The molecule has 212 valence electrons. The predicted octanol–water partition coefficient (Wildman–Crippen LogP) is 5.21. The predicted molar refractivity (Wildman–Crippen MR) is 154 cm³/mol. The summed E-state index contributed by atoms with van der Waals surface area (Å²) in [6, 6.07) is 15.0. The number of pyridine rings is 1. The summed E-state index contributed by atoms with van der Waals surface area (Å²) in [6.45, 7) is 4.88. The Morgan fingerprint density at radius 2 is 1.70 bits per heavy atom. The van der Waals surface area contributed by atoms with Crippen LogP contribution in [-0.4, -0.2) is 35.0 Å². The number of hydrogen-bond acceptors (Lipinski definition) is 6. The monoisotopic (exact) mass is 547 g/mol. The van der Waals surface area contributed by atoms with Gasteiger partial charge in [0.1, 0.15) is 23.8 Å². The molecule has 3 N–H and O–H groups in total. The Kier molecular flexibility index (Phi) is 9.88. The van der Waals surface area contributed by atoms with Gasteiger partial charge in [0.2, 0.25) is 0 Å². The summed E-state index contributed by atoms with van der Waals surface area (Å²) in [7, 11) is 0. The molecule has 0 spiro atoms. The normalized spacial score (nSPS) is 14.4. The third-order valence-corrected chi connectivity index (χ3v) is 7.29. The number of nitrogens with two attached hydrogens (primary N) is 1. The Bertz CT molecular complexity index is 1360. The van der Waals surface area contributed by atoms with E-state index in [-0.39, 0.29) is 40.6 Å². The van der Waals surface area contributed by atoms with E-state index in [9.17, 15) is 18.8 Å². The Morgan fingerprint density at radius 1 is 1.02 bits per heavy atom. The van der Waals surface area contributed by atoms with Crippen LogP contribution >= 0.6 is 0 Å². The van der Waals surface area contributed by atoms with Crippen molar-refractivity contribution in [2.45, 2.75) is 70.9 Å². The zero-order valence-corrected chi connectivity index (χ0v) is 23.2. The van der Waals surface area contributed by atoms with Gasteiger partial charge in [-0.2, -0.15) is 0 Å². The van der Waals surface area contributed by atoms with Crippen LogP contribution in [0.2, 0.25) is 0 Å². The van der Waals surface area contributed by atoms with E-state index in [4.69, 9.17) is 10.5 Å². The topological polar surface area (TPSA) is 103 Å². The molecule has 0 aliphatic heterocycles. The number of ketones is 1. The van der Waals surface area contributed by atoms with E-state index < -0.39 is 11.6 Å². The number of esters is 1. The number of rotatable bonds is 12. The lowest BCUT2D eigenvalue weighted by atomic mass is 10.0. The van der Waals surface area contributed by atoms with Crippen LogP contribution in [0.1, 0.15) is 73.9 Å². The van der Waals surface area contributed by atoms with Crippen molar-refractivity contribution in [2.75, 3.05) is 12.3 Å². The second-order valence-corrected chi connectivity index (χ2v) is 10.9. The first-order valence-corrected chi connectivity index (χ1v) is 14.1. The molecule has 7 nitrogen and oxygen atoms in total. The van der Waals surface area contributed by atoms with E-state index in [0.29, 0.717) is 18.2 Å². The van der Waals surface area contributed by atoms with Crippen molar-refractivity contribution in [1.29, 1.82) is 0 Å². The average Bonchev–Trinajstić information content (AvgIpc) is 3.44. The molecule has 1 atom stereocenters. The average molecular weight is 548 g/mol. The highest BCUT2D eigenvalue weighted by Gasteiger charge is 2.26. The second-order valence-electron chi connectivity index (χ2n) is 10.9. The third kappa shape index (κ3) is 7.45. The van der Waals surface area contributed by atoms with Gasteiger partial charge in [0.25, 0.3) is 5.56 Å². The molecule has 1 aromatic heterocycles. The first-order chi connectivity index (χ1) is 19.2. The molecule has 0 amide bonds. The molecule has 3 aromatic rings. The van der Waals surface area contributed by atoms with Gasteiger partial charge in [-0.1, -0.05) is 26.0 Å². The maximum absolute atomic E-state index is 13.3. The van der Waals surface area contributed by atoms with Gasteiger partial charge in [0.15, 0.2) is 5.78 Å². The number of benzene rings is 2. The number of aromatic nitrogens is 1. The smallest absolute Gasteiger partial charge is 0.323 e. The quantitative estimate of drug-likeness (QED) is 0.183. The summed E-state index contributed by atoms with van der Waals surface area (Å²) >= 11 is 0. The number of aryl methyl sites for hydroxylation is 1. The van der Waals surface area contributed by atoms with E-state index in [1.54, 1.807) is 12.1 Å². The van der Waals surface area contributed by atoms with Gasteiger partial charge in [-0.25, -0.2) is 4.39 Å². The van der Waals surface area contributed by atoms with Gasteiger partial charge in [-0.05, 0) is 105 Å². The molecule has 4 rings (SSSR count). The summed E-state index contributed by atoms with van der Waals surface area (Å²) in [5.74, 6) is -0.574. The molecule has 0 unspecified atom stereocenters.